The molecule has 0 heterocycles. The molecule has 0 unspecified atom stereocenters. The van der Waals surface area contributed by atoms with E-state index in [1.54, 1.807) is 28.4 Å². The van der Waals surface area contributed by atoms with Gasteiger partial charge < -0.3 is 24.3 Å². The van der Waals surface area contributed by atoms with Gasteiger partial charge in [-0.15, -0.1) is 0 Å². The van der Waals surface area contributed by atoms with Crippen LogP contribution >= 0.6 is 0 Å². The molecular formula is C17H27NO4. The van der Waals surface area contributed by atoms with Crippen molar-refractivity contribution in [1.82, 2.24) is 5.32 Å². The number of hydrogen-bond donors (Lipinski definition) is 1. The topological polar surface area (TPSA) is 49.0 Å². The van der Waals surface area contributed by atoms with Crippen LogP contribution < -0.4 is 19.5 Å². The SMILES string of the molecule is COc1cc(CN[C@@H]2CCCC[C@H]2OC)cc(OC)c1OC. The van der Waals surface area contributed by atoms with Gasteiger partial charge in [-0.25, -0.2) is 0 Å². The third-order valence-corrected chi connectivity index (χ3v) is 4.30. The predicted octanol–water partition coefficient (Wildman–Crippen LogP) is 2.76. The number of nitrogens with one attached hydrogen (secondary N) is 1. The first kappa shape index (κ1) is 16.9. The van der Waals surface area contributed by atoms with Crippen molar-refractivity contribution in [2.45, 2.75) is 44.4 Å². The summed E-state index contributed by atoms with van der Waals surface area (Å²) < 4.78 is 21.7. The minimum Gasteiger partial charge on any atom is -0.493 e. The molecule has 1 aromatic carbocycles. The lowest BCUT2D eigenvalue weighted by Crippen LogP contribution is -2.42. The molecule has 0 bridgehead atoms. The summed E-state index contributed by atoms with van der Waals surface area (Å²) in [7, 11) is 6.68. The van der Waals surface area contributed by atoms with Crippen LogP contribution in [0.25, 0.3) is 0 Å². The molecule has 5 nitrogen and oxygen atoms in total. The normalized spacial score (nSPS) is 21.5. The van der Waals surface area contributed by atoms with Gasteiger partial charge in [0.25, 0.3) is 0 Å². The van der Waals surface area contributed by atoms with E-state index in [-0.39, 0.29) is 0 Å². The summed E-state index contributed by atoms with van der Waals surface area (Å²) in [6, 6.07) is 4.37. The van der Waals surface area contributed by atoms with Gasteiger partial charge in [-0.05, 0) is 30.5 Å². The molecule has 5 heteroatoms. The van der Waals surface area contributed by atoms with Crippen LogP contribution in [0.15, 0.2) is 12.1 Å². The molecule has 1 aliphatic carbocycles. The fourth-order valence-electron chi connectivity index (χ4n) is 3.10. The molecule has 0 radical (unpaired) electrons. The molecule has 0 spiro atoms. The lowest BCUT2D eigenvalue weighted by atomic mass is 9.92. The summed E-state index contributed by atoms with van der Waals surface area (Å²) in [5.74, 6) is 2.00. The van der Waals surface area contributed by atoms with Crippen molar-refractivity contribution in [3.8, 4) is 17.2 Å². The fraction of sp³-hybridized carbons (Fsp3) is 0.647. The van der Waals surface area contributed by atoms with E-state index in [9.17, 15) is 0 Å². The Kier molecular flexibility index (Phi) is 6.34. The first-order chi connectivity index (χ1) is 10.7. The molecule has 1 fully saturated rings. The Bertz CT molecular complexity index is 453. The molecule has 1 aromatic rings. The summed E-state index contributed by atoms with van der Waals surface area (Å²) >= 11 is 0. The average molecular weight is 309 g/mol. The van der Waals surface area contributed by atoms with Crippen molar-refractivity contribution in [2.75, 3.05) is 28.4 Å². The maximum Gasteiger partial charge on any atom is 0.203 e. The first-order valence-corrected chi connectivity index (χ1v) is 7.78. The maximum absolute atomic E-state index is 5.59. The molecule has 0 saturated heterocycles. The van der Waals surface area contributed by atoms with Crippen LogP contribution in [0.5, 0.6) is 17.2 Å². The van der Waals surface area contributed by atoms with Crippen LogP contribution in [-0.4, -0.2) is 40.6 Å². The quantitative estimate of drug-likeness (QED) is 0.839. The van der Waals surface area contributed by atoms with Gasteiger partial charge in [0.15, 0.2) is 11.5 Å². The molecule has 0 amide bonds. The molecule has 0 aromatic heterocycles. The van der Waals surface area contributed by atoms with Crippen molar-refractivity contribution >= 4 is 0 Å². The van der Waals surface area contributed by atoms with Crippen LogP contribution in [0.2, 0.25) is 0 Å². The van der Waals surface area contributed by atoms with Crippen LogP contribution in [-0.2, 0) is 11.3 Å². The first-order valence-electron chi connectivity index (χ1n) is 7.78. The second kappa shape index (κ2) is 8.25. The highest BCUT2D eigenvalue weighted by atomic mass is 16.5. The van der Waals surface area contributed by atoms with Gasteiger partial charge in [0.05, 0.1) is 27.4 Å². The van der Waals surface area contributed by atoms with Crippen molar-refractivity contribution < 1.29 is 18.9 Å². The van der Waals surface area contributed by atoms with Crippen LogP contribution in [0, 0.1) is 0 Å². The summed E-state index contributed by atoms with van der Waals surface area (Å²) in [5, 5.41) is 3.60. The zero-order valence-electron chi connectivity index (χ0n) is 14.0. The Labute approximate surface area is 132 Å². The third-order valence-electron chi connectivity index (χ3n) is 4.30. The zero-order valence-corrected chi connectivity index (χ0v) is 14.0. The molecular weight excluding hydrogens is 282 g/mol. The van der Waals surface area contributed by atoms with Gasteiger partial charge in [-0.3, -0.25) is 0 Å². The van der Waals surface area contributed by atoms with E-state index in [1.807, 2.05) is 12.1 Å². The molecule has 1 saturated carbocycles. The van der Waals surface area contributed by atoms with E-state index in [1.165, 1.54) is 12.8 Å². The molecule has 1 N–H and O–H groups in total. The molecule has 0 aliphatic heterocycles. The standard InChI is InChI=1S/C17H27NO4/c1-19-14-8-6-5-7-13(14)18-11-12-9-15(20-2)17(22-4)16(10-12)21-3/h9-10,13-14,18H,5-8,11H2,1-4H3/t13-,14-/m1/s1. The largest absolute Gasteiger partial charge is 0.493 e. The molecule has 2 atom stereocenters. The van der Waals surface area contributed by atoms with Crippen LogP contribution in [0.4, 0.5) is 0 Å². The number of hydrogen-bond acceptors (Lipinski definition) is 5. The highest BCUT2D eigenvalue weighted by molar-refractivity contribution is 5.53. The molecule has 124 valence electrons. The minimum atomic E-state index is 0.302. The van der Waals surface area contributed by atoms with Crippen molar-refractivity contribution in [3.05, 3.63) is 17.7 Å². The van der Waals surface area contributed by atoms with Gasteiger partial charge >= 0.3 is 0 Å². The second-order valence-corrected chi connectivity index (χ2v) is 5.58. The Morgan fingerprint density at radius 1 is 0.955 bits per heavy atom. The lowest BCUT2D eigenvalue weighted by Gasteiger charge is -2.31. The number of rotatable bonds is 7. The Morgan fingerprint density at radius 3 is 2.14 bits per heavy atom. The molecule has 2 rings (SSSR count). The van der Waals surface area contributed by atoms with Crippen LogP contribution in [0.1, 0.15) is 31.2 Å². The number of benzene rings is 1. The van der Waals surface area contributed by atoms with Gasteiger partial charge in [-0.1, -0.05) is 12.8 Å². The van der Waals surface area contributed by atoms with Crippen molar-refractivity contribution in [1.29, 1.82) is 0 Å². The Morgan fingerprint density at radius 2 is 1.59 bits per heavy atom. The predicted molar refractivity (Wildman–Crippen MR) is 86.0 cm³/mol. The highest BCUT2D eigenvalue weighted by Gasteiger charge is 2.24. The Hall–Kier alpha value is -1.46. The van der Waals surface area contributed by atoms with Crippen molar-refractivity contribution in [2.24, 2.45) is 0 Å². The molecule has 1 aliphatic rings. The van der Waals surface area contributed by atoms with Crippen LogP contribution in [0.3, 0.4) is 0 Å². The minimum absolute atomic E-state index is 0.302. The lowest BCUT2D eigenvalue weighted by molar-refractivity contribution is 0.0413. The summed E-state index contributed by atoms with van der Waals surface area (Å²) in [6.07, 6.45) is 5.09. The average Bonchev–Trinajstić information content (AvgIpc) is 2.58. The van der Waals surface area contributed by atoms with Gasteiger partial charge in [0.1, 0.15) is 0 Å². The van der Waals surface area contributed by atoms with E-state index in [0.717, 1.165) is 24.9 Å². The van der Waals surface area contributed by atoms with E-state index in [0.29, 0.717) is 29.4 Å². The van der Waals surface area contributed by atoms with E-state index in [2.05, 4.69) is 5.32 Å². The fourth-order valence-corrected chi connectivity index (χ4v) is 3.10. The monoisotopic (exact) mass is 309 g/mol. The molecule has 22 heavy (non-hydrogen) atoms. The second-order valence-electron chi connectivity index (χ2n) is 5.58. The summed E-state index contributed by atoms with van der Waals surface area (Å²) in [5.41, 5.74) is 1.11. The number of ether oxygens (including phenoxy) is 4. The van der Waals surface area contributed by atoms with E-state index in [4.69, 9.17) is 18.9 Å². The summed E-state index contributed by atoms with van der Waals surface area (Å²) in [4.78, 5) is 0. The van der Waals surface area contributed by atoms with E-state index >= 15 is 0 Å². The Balaban J connectivity index is 2.09. The zero-order chi connectivity index (χ0) is 15.9. The summed E-state index contributed by atoms with van der Waals surface area (Å²) in [6.45, 7) is 0.751. The maximum atomic E-state index is 5.59. The van der Waals surface area contributed by atoms with E-state index < -0.39 is 0 Å². The van der Waals surface area contributed by atoms with Gasteiger partial charge in [0.2, 0.25) is 5.75 Å². The van der Waals surface area contributed by atoms with Crippen molar-refractivity contribution in [3.63, 3.8) is 0 Å². The van der Waals surface area contributed by atoms with Gasteiger partial charge in [0, 0.05) is 19.7 Å². The number of methoxy groups -OCH3 is 4. The highest BCUT2D eigenvalue weighted by Crippen LogP contribution is 2.38. The van der Waals surface area contributed by atoms with Gasteiger partial charge in [-0.2, -0.15) is 0 Å². The smallest absolute Gasteiger partial charge is 0.203 e. The third kappa shape index (κ3) is 3.84.